The van der Waals surface area contributed by atoms with Crippen LogP contribution < -0.4 is 0 Å². The minimum atomic E-state index is -0.415. The van der Waals surface area contributed by atoms with Crippen molar-refractivity contribution in [2.45, 2.75) is 13.8 Å². The number of rotatable bonds is 4. The van der Waals surface area contributed by atoms with E-state index in [0.29, 0.717) is 38.7 Å². The van der Waals surface area contributed by atoms with Gasteiger partial charge < -0.3 is 15.0 Å². The van der Waals surface area contributed by atoms with Crippen molar-refractivity contribution in [1.29, 1.82) is 0 Å². The van der Waals surface area contributed by atoms with Gasteiger partial charge >= 0.3 is 0 Å². The van der Waals surface area contributed by atoms with Crippen molar-refractivity contribution >= 4 is 52.5 Å². The first-order valence-corrected chi connectivity index (χ1v) is 8.98. The Balaban J connectivity index is 2.29. The summed E-state index contributed by atoms with van der Waals surface area (Å²) in [6.45, 7) is 4.77. The van der Waals surface area contributed by atoms with Gasteiger partial charge in [-0.2, -0.15) is 0 Å². The molecular weight excluding hydrogens is 361 g/mol. The van der Waals surface area contributed by atoms with Crippen molar-refractivity contribution in [2.75, 3.05) is 13.1 Å². The molecule has 0 atom stereocenters. The van der Waals surface area contributed by atoms with Gasteiger partial charge in [-0.05, 0) is 44.3 Å². The van der Waals surface area contributed by atoms with E-state index in [1.807, 2.05) is 13.8 Å². The smallest absolute Gasteiger partial charge is 0.256 e. The zero-order valence-corrected chi connectivity index (χ0v) is 15.3. The molecule has 2 heterocycles. The Bertz CT molecular complexity index is 955. The summed E-state index contributed by atoms with van der Waals surface area (Å²) in [5.74, 6) is -0.845. The minimum absolute atomic E-state index is 0.170. The largest absolute Gasteiger partial charge is 0.494 e. The van der Waals surface area contributed by atoms with E-state index in [0.717, 1.165) is 11.3 Å². The lowest BCUT2D eigenvalue weighted by molar-refractivity contribution is -0.124. The molecule has 1 amide bonds. The lowest BCUT2D eigenvalue weighted by atomic mass is 9.99. The monoisotopic (exact) mass is 377 g/mol. The molecule has 0 unspecified atom stereocenters. The molecule has 1 aromatic heterocycles. The van der Waals surface area contributed by atoms with Crippen LogP contribution in [0.3, 0.4) is 0 Å². The molecule has 25 heavy (non-hydrogen) atoms. The van der Waals surface area contributed by atoms with E-state index in [-0.39, 0.29) is 17.4 Å². The first kappa shape index (κ1) is 17.5. The Labute approximate surface area is 153 Å². The van der Waals surface area contributed by atoms with Gasteiger partial charge in [0.2, 0.25) is 5.88 Å². The number of H-pyrrole nitrogens is 1. The number of benzene rings is 1. The van der Waals surface area contributed by atoms with E-state index < -0.39 is 5.82 Å². The highest BCUT2D eigenvalue weighted by molar-refractivity contribution is 7.73. The van der Waals surface area contributed by atoms with Gasteiger partial charge in [0.25, 0.3) is 5.91 Å². The summed E-state index contributed by atoms with van der Waals surface area (Å²) in [5, 5.41) is 10.2. The number of halogens is 1. The molecule has 0 saturated heterocycles. The van der Waals surface area contributed by atoms with Gasteiger partial charge in [-0.15, -0.1) is 11.3 Å². The Kier molecular flexibility index (Phi) is 4.82. The zero-order valence-electron chi connectivity index (χ0n) is 13.7. The topological polar surface area (TPSA) is 68.7 Å². The summed E-state index contributed by atoms with van der Waals surface area (Å²) in [5.41, 5.74) is 1.85. The fraction of sp³-hybridized carbons (Fsp3) is 0.235. The van der Waals surface area contributed by atoms with Gasteiger partial charge in [0.1, 0.15) is 10.7 Å². The highest BCUT2D eigenvalue weighted by Crippen LogP contribution is 2.41. The van der Waals surface area contributed by atoms with Crippen LogP contribution in [0, 0.1) is 9.77 Å². The van der Waals surface area contributed by atoms with Crippen LogP contribution in [0.1, 0.15) is 24.3 Å². The number of hydrogen-bond donors (Lipinski definition) is 2. The number of aromatic amines is 1. The number of carbonyl (C=O) groups is 1. The van der Waals surface area contributed by atoms with Crippen molar-refractivity contribution in [3.63, 3.8) is 0 Å². The van der Waals surface area contributed by atoms with Crippen LogP contribution in [0.25, 0.3) is 11.1 Å². The molecule has 0 bridgehead atoms. The number of fused-ring (bicyclic) bond motifs is 1. The molecule has 2 N–H and O–H groups in total. The number of nitrogens with zero attached hydrogens (tertiary/aromatic N) is 2. The number of likely N-dealkylation sites (N-methyl/N-ethyl adjacent to an activating group) is 1. The third-order valence-corrected chi connectivity index (χ3v) is 5.21. The maximum atomic E-state index is 13.7. The second kappa shape index (κ2) is 6.89. The van der Waals surface area contributed by atoms with Gasteiger partial charge in [0.05, 0.1) is 11.3 Å². The maximum Gasteiger partial charge on any atom is 0.256 e. The fourth-order valence-corrected chi connectivity index (χ4v) is 3.86. The second-order valence-corrected chi connectivity index (χ2v) is 7.07. The summed E-state index contributed by atoms with van der Waals surface area (Å²) < 4.78 is 14.1. The number of amides is 1. The number of thiazole rings is 1. The number of hydrogen-bond acceptors (Lipinski definition) is 5. The van der Waals surface area contributed by atoms with E-state index in [4.69, 9.17) is 12.2 Å². The summed E-state index contributed by atoms with van der Waals surface area (Å²) in [7, 11) is 0. The molecule has 0 aliphatic carbocycles. The van der Waals surface area contributed by atoms with Crippen molar-refractivity contribution < 1.29 is 14.3 Å². The molecular formula is C17H16FN3O2S2. The van der Waals surface area contributed by atoms with Gasteiger partial charge in [0.15, 0.2) is 3.95 Å². The van der Waals surface area contributed by atoms with Gasteiger partial charge in [-0.1, -0.05) is 0 Å². The Morgan fingerprint density at radius 3 is 2.72 bits per heavy atom. The van der Waals surface area contributed by atoms with Crippen LogP contribution >= 0.6 is 23.6 Å². The third kappa shape index (κ3) is 3.14. The van der Waals surface area contributed by atoms with E-state index in [9.17, 15) is 14.3 Å². The number of aromatic hydroxyl groups is 1. The van der Waals surface area contributed by atoms with E-state index in [1.54, 1.807) is 11.0 Å². The molecule has 0 saturated carbocycles. The molecule has 5 nitrogen and oxygen atoms in total. The molecule has 2 aromatic rings. The molecule has 1 aliphatic rings. The van der Waals surface area contributed by atoms with Crippen LogP contribution in [0.2, 0.25) is 0 Å². The molecule has 1 aliphatic heterocycles. The standard InChI is InChI=1S/C17H16FN3O2S2/c1-3-21(4-2)16(23)13(14-15(22)20-17(24)25-14)11-8-19-12-6-5-9(18)7-10(11)12/h5-8,22H,3-4H2,1-2H3,(H,20,24). The maximum absolute atomic E-state index is 13.7. The average molecular weight is 377 g/mol. The lowest BCUT2D eigenvalue weighted by Gasteiger charge is -2.21. The Morgan fingerprint density at radius 1 is 1.40 bits per heavy atom. The predicted octanol–water partition coefficient (Wildman–Crippen LogP) is 4.15. The molecule has 1 aromatic carbocycles. The Hall–Kier alpha value is -2.32. The van der Waals surface area contributed by atoms with Crippen molar-refractivity contribution in [2.24, 2.45) is 4.99 Å². The molecule has 0 radical (unpaired) electrons. The van der Waals surface area contributed by atoms with Crippen molar-refractivity contribution in [3.8, 4) is 5.88 Å². The molecule has 3 rings (SSSR count). The zero-order chi connectivity index (χ0) is 18.1. The van der Waals surface area contributed by atoms with Gasteiger partial charge in [-0.25, -0.2) is 4.39 Å². The lowest BCUT2D eigenvalue weighted by Crippen LogP contribution is -2.31. The number of aliphatic imine (C=N–C) groups is 1. The third-order valence-electron chi connectivity index (χ3n) is 3.97. The van der Waals surface area contributed by atoms with Crippen molar-refractivity contribution in [3.05, 3.63) is 38.4 Å². The number of nitrogens with one attached hydrogen (secondary N) is 1. The van der Waals surface area contributed by atoms with Crippen LogP contribution in [-0.2, 0) is 4.79 Å². The fourth-order valence-electron chi connectivity index (χ4n) is 2.73. The van der Waals surface area contributed by atoms with Crippen LogP contribution in [0.4, 0.5) is 10.1 Å². The molecule has 0 fully saturated rings. The quantitative estimate of drug-likeness (QED) is 0.621. The van der Waals surface area contributed by atoms with E-state index >= 15 is 0 Å². The van der Waals surface area contributed by atoms with E-state index in [2.05, 4.69) is 9.98 Å². The Morgan fingerprint density at radius 2 is 2.12 bits per heavy atom. The predicted molar refractivity (Wildman–Crippen MR) is 100 cm³/mol. The van der Waals surface area contributed by atoms with Crippen LogP contribution in [-0.4, -0.2) is 40.2 Å². The molecule has 8 heteroatoms. The normalized spacial score (nSPS) is 14.5. The summed E-state index contributed by atoms with van der Waals surface area (Å²) in [6.07, 6.45) is 1.53. The minimum Gasteiger partial charge on any atom is -0.494 e. The number of aromatic nitrogens is 1. The van der Waals surface area contributed by atoms with Gasteiger partial charge in [-0.3, -0.25) is 9.79 Å². The average Bonchev–Trinajstić information content (AvgIpc) is 3.12. The van der Waals surface area contributed by atoms with Crippen LogP contribution in [0.5, 0.6) is 5.88 Å². The van der Waals surface area contributed by atoms with Gasteiger partial charge in [0, 0.05) is 30.4 Å². The highest BCUT2D eigenvalue weighted by atomic mass is 32.1. The van der Waals surface area contributed by atoms with Crippen molar-refractivity contribution in [1.82, 2.24) is 9.88 Å². The SMILES string of the molecule is CCN(CC)C(=O)C(=C1C=Nc2ccc(F)cc21)c1sc(=S)[nH]c1O. The first-order valence-electron chi connectivity index (χ1n) is 7.76. The summed E-state index contributed by atoms with van der Waals surface area (Å²) in [4.78, 5) is 22.0. The van der Waals surface area contributed by atoms with E-state index in [1.165, 1.54) is 18.3 Å². The molecule has 0 spiro atoms. The number of carbonyl (C=O) groups excluding carboxylic acids is 1. The first-order chi connectivity index (χ1) is 12.0. The summed E-state index contributed by atoms with van der Waals surface area (Å²) in [6, 6.07) is 4.23. The second-order valence-electron chi connectivity index (χ2n) is 5.38. The molecule has 130 valence electrons. The highest BCUT2D eigenvalue weighted by Gasteiger charge is 2.28. The number of allylic oxidation sites excluding steroid dienone is 1. The van der Waals surface area contributed by atoms with Crippen LogP contribution in [0.15, 0.2) is 23.2 Å². The summed E-state index contributed by atoms with van der Waals surface area (Å²) >= 11 is 6.19.